The lowest BCUT2D eigenvalue weighted by atomic mass is 10.1. The molecule has 0 aliphatic rings. The molecule has 0 aliphatic carbocycles. The van der Waals surface area contributed by atoms with Gasteiger partial charge in [-0.05, 0) is 18.1 Å². The van der Waals surface area contributed by atoms with Gasteiger partial charge in [0, 0.05) is 12.8 Å². The largest absolute Gasteiger partial charge is 0.463 e. The van der Waals surface area contributed by atoms with E-state index in [0.29, 0.717) is 18.1 Å². The molecule has 1 N–H and O–H groups in total. The predicted octanol–water partition coefficient (Wildman–Crippen LogP) is 2.53. The Morgan fingerprint density at radius 2 is 2.21 bits per heavy atom. The molecule has 0 amide bonds. The molecule has 1 aromatic heterocycles. The third kappa shape index (κ3) is 2.93. The molecule has 2 heteroatoms. The summed E-state index contributed by atoms with van der Waals surface area (Å²) in [5.41, 5.74) is 0. The topological polar surface area (TPSA) is 33.4 Å². The zero-order valence-corrected chi connectivity index (χ0v) is 8.66. The maximum Gasteiger partial charge on any atom is 0.133 e. The summed E-state index contributed by atoms with van der Waals surface area (Å²) in [7, 11) is 0. The first-order valence-electron chi connectivity index (χ1n) is 4.83. The molecular weight excluding hydrogens is 176 g/mol. The van der Waals surface area contributed by atoms with Crippen LogP contribution in [-0.4, -0.2) is 5.11 Å². The molecule has 1 atom stereocenters. The van der Waals surface area contributed by atoms with Crippen molar-refractivity contribution in [3.05, 3.63) is 23.7 Å². The van der Waals surface area contributed by atoms with E-state index in [4.69, 9.17) is 10.8 Å². The Morgan fingerprint density at radius 1 is 1.50 bits per heavy atom. The highest BCUT2D eigenvalue weighted by atomic mass is 16.4. The van der Waals surface area contributed by atoms with Crippen molar-refractivity contribution in [2.75, 3.05) is 0 Å². The van der Waals surface area contributed by atoms with E-state index in [1.165, 1.54) is 0 Å². The van der Waals surface area contributed by atoms with Gasteiger partial charge in [-0.25, -0.2) is 0 Å². The molecule has 1 unspecified atom stereocenters. The van der Waals surface area contributed by atoms with Crippen LogP contribution >= 0.6 is 0 Å². The molecule has 0 aromatic carbocycles. The van der Waals surface area contributed by atoms with E-state index in [-0.39, 0.29) is 0 Å². The molecular formula is C12H16O2. The van der Waals surface area contributed by atoms with Crippen LogP contribution in [0.25, 0.3) is 0 Å². The summed E-state index contributed by atoms with van der Waals surface area (Å²) in [5.74, 6) is 4.44. The summed E-state index contributed by atoms with van der Waals surface area (Å²) in [4.78, 5) is 0. The first kappa shape index (κ1) is 10.9. The number of hydrogen-bond acceptors (Lipinski definition) is 2. The molecule has 1 rings (SSSR count). The average molecular weight is 192 g/mol. The standard InChI is InChI=1S/C12H16O2/c1-4-5-11(13)12-7-6-10(14-12)8-9(2)3/h1,6-7,9,11,13H,5,8H2,2-3H3. The summed E-state index contributed by atoms with van der Waals surface area (Å²) in [5, 5.41) is 9.53. The zero-order valence-electron chi connectivity index (χ0n) is 8.66. The Kier molecular flexibility index (Phi) is 3.79. The van der Waals surface area contributed by atoms with Crippen molar-refractivity contribution in [3.8, 4) is 12.3 Å². The fourth-order valence-electron chi connectivity index (χ4n) is 1.30. The van der Waals surface area contributed by atoms with Gasteiger partial charge in [0.05, 0.1) is 0 Å². The SMILES string of the molecule is C#CCC(O)c1ccc(CC(C)C)o1. The predicted molar refractivity (Wildman–Crippen MR) is 55.7 cm³/mol. The molecule has 0 fully saturated rings. The van der Waals surface area contributed by atoms with Gasteiger partial charge in [0.15, 0.2) is 0 Å². The maximum atomic E-state index is 9.53. The number of hydrogen-bond donors (Lipinski definition) is 1. The molecule has 0 saturated carbocycles. The normalized spacial score (nSPS) is 12.8. The molecule has 0 saturated heterocycles. The van der Waals surface area contributed by atoms with E-state index < -0.39 is 6.10 Å². The number of furan rings is 1. The van der Waals surface area contributed by atoms with Crippen molar-refractivity contribution in [3.63, 3.8) is 0 Å². The highest BCUT2D eigenvalue weighted by Gasteiger charge is 2.11. The van der Waals surface area contributed by atoms with Crippen molar-refractivity contribution >= 4 is 0 Å². The second-order valence-corrected chi connectivity index (χ2v) is 3.83. The highest BCUT2D eigenvalue weighted by molar-refractivity contribution is 5.11. The quantitative estimate of drug-likeness (QED) is 0.744. The first-order chi connectivity index (χ1) is 6.63. The molecule has 76 valence electrons. The maximum absolute atomic E-state index is 9.53. The van der Waals surface area contributed by atoms with Gasteiger partial charge in [0.25, 0.3) is 0 Å². The third-order valence-corrected chi connectivity index (χ3v) is 1.93. The zero-order chi connectivity index (χ0) is 10.6. The van der Waals surface area contributed by atoms with E-state index in [2.05, 4.69) is 19.8 Å². The summed E-state index contributed by atoms with van der Waals surface area (Å²) in [6.45, 7) is 4.25. The summed E-state index contributed by atoms with van der Waals surface area (Å²) < 4.78 is 5.46. The van der Waals surface area contributed by atoms with Gasteiger partial charge in [0.1, 0.15) is 17.6 Å². The van der Waals surface area contributed by atoms with Crippen LogP contribution in [0.5, 0.6) is 0 Å². The van der Waals surface area contributed by atoms with Crippen molar-refractivity contribution in [2.45, 2.75) is 32.8 Å². The van der Waals surface area contributed by atoms with Crippen LogP contribution in [0.3, 0.4) is 0 Å². The summed E-state index contributed by atoms with van der Waals surface area (Å²) in [6.07, 6.45) is 5.63. The van der Waals surface area contributed by atoms with E-state index in [0.717, 1.165) is 12.2 Å². The molecule has 1 aromatic rings. The number of aliphatic hydroxyl groups excluding tert-OH is 1. The lowest BCUT2D eigenvalue weighted by Crippen LogP contribution is -1.94. The van der Waals surface area contributed by atoms with Crippen molar-refractivity contribution in [1.29, 1.82) is 0 Å². The van der Waals surface area contributed by atoms with E-state index >= 15 is 0 Å². The van der Waals surface area contributed by atoms with Gasteiger partial charge in [-0.15, -0.1) is 12.3 Å². The lowest BCUT2D eigenvalue weighted by molar-refractivity contribution is 0.153. The monoisotopic (exact) mass is 192 g/mol. The second kappa shape index (κ2) is 4.88. The Hall–Kier alpha value is -1.20. The Labute approximate surface area is 84.9 Å². The van der Waals surface area contributed by atoms with Crippen LogP contribution in [0.2, 0.25) is 0 Å². The van der Waals surface area contributed by atoms with Crippen LogP contribution in [0.1, 0.15) is 37.9 Å². The first-order valence-corrected chi connectivity index (χ1v) is 4.83. The molecule has 0 aliphatic heterocycles. The summed E-state index contributed by atoms with van der Waals surface area (Å²) >= 11 is 0. The van der Waals surface area contributed by atoms with Crippen LogP contribution in [0.4, 0.5) is 0 Å². The number of rotatable bonds is 4. The smallest absolute Gasteiger partial charge is 0.133 e. The highest BCUT2D eigenvalue weighted by Crippen LogP contribution is 2.20. The minimum atomic E-state index is -0.666. The van der Waals surface area contributed by atoms with Gasteiger partial charge >= 0.3 is 0 Å². The third-order valence-electron chi connectivity index (χ3n) is 1.93. The lowest BCUT2D eigenvalue weighted by Gasteiger charge is -2.03. The number of terminal acetylenes is 1. The number of aliphatic hydroxyl groups is 1. The Morgan fingerprint density at radius 3 is 2.79 bits per heavy atom. The molecule has 0 spiro atoms. The fraction of sp³-hybridized carbons (Fsp3) is 0.500. The summed E-state index contributed by atoms with van der Waals surface area (Å²) in [6, 6.07) is 3.69. The second-order valence-electron chi connectivity index (χ2n) is 3.83. The van der Waals surface area contributed by atoms with Gasteiger partial charge in [-0.2, -0.15) is 0 Å². The van der Waals surface area contributed by atoms with E-state index in [1.807, 2.05) is 6.07 Å². The van der Waals surface area contributed by atoms with E-state index in [1.54, 1.807) is 6.07 Å². The fourth-order valence-corrected chi connectivity index (χ4v) is 1.30. The molecule has 1 heterocycles. The van der Waals surface area contributed by atoms with Gasteiger partial charge in [-0.3, -0.25) is 0 Å². The van der Waals surface area contributed by atoms with E-state index in [9.17, 15) is 5.11 Å². The minimum absolute atomic E-state index is 0.300. The van der Waals surface area contributed by atoms with Crippen LogP contribution in [0, 0.1) is 18.3 Å². The van der Waals surface area contributed by atoms with Crippen molar-refractivity contribution in [2.24, 2.45) is 5.92 Å². The molecule has 0 bridgehead atoms. The van der Waals surface area contributed by atoms with Gasteiger partial charge < -0.3 is 9.52 Å². The molecule has 0 radical (unpaired) electrons. The van der Waals surface area contributed by atoms with Crippen LogP contribution in [-0.2, 0) is 6.42 Å². The van der Waals surface area contributed by atoms with Crippen molar-refractivity contribution < 1.29 is 9.52 Å². The Bertz CT molecular complexity index is 317. The van der Waals surface area contributed by atoms with Gasteiger partial charge in [0.2, 0.25) is 0 Å². The van der Waals surface area contributed by atoms with Crippen LogP contribution in [0.15, 0.2) is 16.5 Å². The van der Waals surface area contributed by atoms with Crippen LogP contribution < -0.4 is 0 Å². The average Bonchev–Trinajstić information content (AvgIpc) is 2.52. The molecule has 14 heavy (non-hydrogen) atoms. The molecule has 2 nitrogen and oxygen atoms in total. The van der Waals surface area contributed by atoms with Gasteiger partial charge in [-0.1, -0.05) is 13.8 Å². The van der Waals surface area contributed by atoms with Crippen molar-refractivity contribution in [1.82, 2.24) is 0 Å². The minimum Gasteiger partial charge on any atom is -0.463 e. The Balaban J connectivity index is 2.64.